The zero-order chi connectivity index (χ0) is 19.4. The van der Waals surface area contributed by atoms with Crippen molar-refractivity contribution in [2.24, 2.45) is 0 Å². The van der Waals surface area contributed by atoms with Crippen molar-refractivity contribution in [3.63, 3.8) is 0 Å². The van der Waals surface area contributed by atoms with Crippen LogP contribution >= 0.6 is 11.3 Å². The van der Waals surface area contributed by atoms with Crippen LogP contribution in [-0.2, 0) is 22.6 Å². The van der Waals surface area contributed by atoms with Crippen LogP contribution in [0.25, 0.3) is 0 Å². The number of rotatable bonds is 4. The van der Waals surface area contributed by atoms with Crippen molar-refractivity contribution in [3.05, 3.63) is 57.8 Å². The summed E-state index contributed by atoms with van der Waals surface area (Å²) in [5.74, 6) is -1.14. The molecule has 0 saturated heterocycles. The molecular weight excluding hydrogens is 358 g/mol. The summed E-state index contributed by atoms with van der Waals surface area (Å²) in [6.07, 6.45) is 1.03. The molecule has 0 radical (unpaired) electrons. The molecule has 2 atom stereocenters. The lowest BCUT2D eigenvalue weighted by Gasteiger charge is -2.32. The van der Waals surface area contributed by atoms with Gasteiger partial charge in [0.25, 0.3) is 0 Å². The van der Waals surface area contributed by atoms with Crippen LogP contribution in [0.4, 0.5) is 0 Å². The zero-order valence-corrected chi connectivity index (χ0v) is 17.0. The fourth-order valence-electron chi connectivity index (χ4n) is 3.51. The monoisotopic (exact) mass is 386 g/mol. The molecule has 27 heavy (non-hydrogen) atoms. The van der Waals surface area contributed by atoms with Gasteiger partial charge in [0.2, 0.25) is 0 Å². The molecule has 1 unspecified atom stereocenters. The highest BCUT2D eigenvalue weighted by atomic mass is 32.1. The van der Waals surface area contributed by atoms with E-state index in [9.17, 15) is 9.59 Å². The molecule has 2 aromatic rings. The summed E-state index contributed by atoms with van der Waals surface area (Å²) in [6.45, 7) is 7.99. The first-order valence-electron chi connectivity index (χ1n) is 9.38. The van der Waals surface area contributed by atoms with Gasteiger partial charge in [0.15, 0.2) is 0 Å². The summed E-state index contributed by atoms with van der Waals surface area (Å²) in [4.78, 5) is 27.0. The van der Waals surface area contributed by atoms with Crippen molar-refractivity contribution < 1.29 is 14.5 Å². The number of quaternary nitrogens is 1. The van der Waals surface area contributed by atoms with Crippen LogP contribution in [0.15, 0.2) is 41.8 Å². The van der Waals surface area contributed by atoms with E-state index in [4.69, 9.17) is 0 Å². The van der Waals surface area contributed by atoms with Gasteiger partial charge < -0.3 is 15.5 Å². The Morgan fingerprint density at radius 3 is 2.52 bits per heavy atom. The highest BCUT2D eigenvalue weighted by Crippen LogP contribution is 2.19. The average molecular weight is 387 g/mol. The maximum absolute atomic E-state index is 12.2. The van der Waals surface area contributed by atoms with E-state index in [1.165, 1.54) is 20.9 Å². The Bertz CT molecular complexity index is 796. The lowest BCUT2D eigenvalue weighted by molar-refractivity contribution is -0.945. The first-order valence-corrected chi connectivity index (χ1v) is 10.3. The molecule has 3 rings (SSSR count). The first-order chi connectivity index (χ1) is 12.8. The number of hydrogen-bond acceptors (Lipinski definition) is 3. The Hall–Kier alpha value is -2.18. The zero-order valence-electron chi connectivity index (χ0n) is 16.2. The van der Waals surface area contributed by atoms with Crippen molar-refractivity contribution in [3.8, 4) is 0 Å². The standard InChI is InChI=1S/C21H27N3O2S/c1-21(2,3)23-20(26)19(25)22-13-17(18-9-6-12-27-18)24-11-10-15-7-4-5-8-16(15)14-24/h4-9,12,17H,10-11,13-14H2,1-3H3,(H,22,25)(H,23,26)/p+1/t17-/m1/s1. The van der Waals surface area contributed by atoms with E-state index in [0.29, 0.717) is 6.54 Å². The van der Waals surface area contributed by atoms with Gasteiger partial charge in [-0.2, -0.15) is 0 Å². The van der Waals surface area contributed by atoms with Crippen LogP contribution in [-0.4, -0.2) is 30.4 Å². The van der Waals surface area contributed by atoms with Gasteiger partial charge >= 0.3 is 11.8 Å². The van der Waals surface area contributed by atoms with Gasteiger partial charge in [0.1, 0.15) is 12.6 Å². The molecule has 0 saturated carbocycles. The number of benzene rings is 1. The lowest BCUT2D eigenvalue weighted by Crippen LogP contribution is -3.12. The van der Waals surface area contributed by atoms with Crippen LogP contribution in [0.3, 0.4) is 0 Å². The number of amides is 2. The number of thiophene rings is 1. The molecular formula is C21H28N3O2S+. The maximum Gasteiger partial charge on any atom is 0.309 e. The number of fused-ring (bicyclic) bond motifs is 1. The molecule has 0 spiro atoms. The Labute approximate surface area is 164 Å². The van der Waals surface area contributed by atoms with E-state index in [2.05, 4.69) is 46.3 Å². The third-order valence-electron chi connectivity index (χ3n) is 4.79. The van der Waals surface area contributed by atoms with E-state index >= 15 is 0 Å². The molecule has 0 aliphatic carbocycles. The highest BCUT2D eigenvalue weighted by Gasteiger charge is 2.30. The minimum Gasteiger partial charge on any atom is -0.343 e. The van der Waals surface area contributed by atoms with Gasteiger partial charge in [0.05, 0.1) is 18.0 Å². The van der Waals surface area contributed by atoms with Crippen LogP contribution in [0, 0.1) is 0 Å². The molecule has 6 heteroatoms. The van der Waals surface area contributed by atoms with Crippen LogP contribution < -0.4 is 15.5 Å². The van der Waals surface area contributed by atoms with Crippen LogP contribution in [0.1, 0.15) is 42.8 Å². The Morgan fingerprint density at radius 1 is 1.11 bits per heavy atom. The molecule has 1 aliphatic heterocycles. The third kappa shape index (κ3) is 5.17. The molecule has 3 N–H and O–H groups in total. The summed E-state index contributed by atoms with van der Waals surface area (Å²) < 4.78 is 0. The van der Waals surface area contributed by atoms with E-state index in [0.717, 1.165) is 19.5 Å². The summed E-state index contributed by atoms with van der Waals surface area (Å²) in [5.41, 5.74) is 2.36. The highest BCUT2D eigenvalue weighted by molar-refractivity contribution is 7.10. The number of hydrogen-bond donors (Lipinski definition) is 3. The number of carbonyl (C=O) groups is 2. The topological polar surface area (TPSA) is 62.6 Å². The van der Waals surface area contributed by atoms with Gasteiger partial charge in [-0.3, -0.25) is 9.59 Å². The predicted octanol–water partition coefficient (Wildman–Crippen LogP) is 1.46. The fourth-order valence-corrected chi connectivity index (χ4v) is 4.39. The van der Waals surface area contributed by atoms with Crippen LogP contribution in [0.5, 0.6) is 0 Å². The molecule has 2 amide bonds. The molecule has 1 aliphatic rings. The number of nitrogens with one attached hydrogen (secondary N) is 3. The van der Waals surface area contributed by atoms with Gasteiger partial charge in [-0.25, -0.2) is 0 Å². The largest absolute Gasteiger partial charge is 0.343 e. The molecule has 0 bridgehead atoms. The van der Waals surface area contributed by atoms with Crippen molar-refractivity contribution in [2.45, 2.75) is 45.3 Å². The summed E-state index contributed by atoms with van der Waals surface area (Å²) in [7, 11) is 0. The Kier molecular flexibility index (Phi) is 5.97. The molecule has 1 aromatic heterocycles. The van der Waals surface area contributed by atoms with Crippen LogP contribution in [0.2, 0.25) is 0 Å². The van der Waals surface area contributed by atoms with Crippen molar-refractivity contribution >= 4 is 23.2 Å². The molecule has 2 heterocycles. The average Bonchev–Trinajstić information content (AvgIpc) is 3.14. The van der Waals surface area contributed by atoms with E-state index in [-0.39, 0.29) is 6.04 Å². The second-order valence-corrected chi connectivity index (χ2v) is 9.07. The second-order valence-electron chi connectivity index (χ2n) is 8.09. The number of carbonyl (C=O) groups excluding carboxylic acids is 2. The first kappa shape index (κ1) is 19.6. The van der Waals surface area contributed by atoms with Crippen molar-refractivity contribution in [1.82, 2.24) is 10.6 Å². The van der Waals surface area contributed by atoms with Crippen molar-refractivity contribution in [2.75, 3.05) is 13.1 Å². The summed E-state index contributed by atoms with van der Waals surface area (Å²) in [6, 6.07) is 12.9. The van der Waals surface area contributed by atoms with Gasteiger partial charge in [-0.15, -0.1) is 11.3 Å². The van der Waals surface area contributed by atoms with Crippen molar-refractivity contribution in [1.29, 1.82) is 0 Å². The SMILES string of the molecule is CC(C)(C)NC(=O)C(=O)NC[C@H](c1cccs1)[NH+]1CCc2ccccc2C1. The molecule has 1 aromatic carbocycles. The summed E-state index contributed by atoms with van der Waals surface area (Å²) in [5, 5.41) is 7.63. The maximum atomic E-state index is 12.2. The summed E-state index contributed by atoms with van der Waals surface area (Å²) >= 11 is 1.70. The Balaban J connectivity index is 1.69. The Morgan fingerprint density at radius 2 is 1.85 bits per heavy atom. The predicted molar refractivity (Wildman–Crippen MR) is 108 cm³/mol. The fraction of sp³-hybridized carbons (Fsp3) is 0.429. The molecule has 0 fully saturated rings. The van der Waals surface area contributed by atoms with Gasteiger partial charge in [-0.1, -0.05) is 30.3 Å². The minimum atomic E-state index is -0.577. The quantitative estimate of drug-likeness (QED) is 0.697. The van der Waals surface area contributed by atoms with E-state index in [1.807, 2.05) is 26.8 Å². The second kappa shape index (κ2) is 8.23. The van der Waals surface area contributed by atoms with Gasteiger partial charge in [0, 0.05) is 17.5 Å². The normalized spacial score (nSPS) is 17.7. The van der Waals surface area contributed by atoms with E-state index < -0.39 is 17.4 Å². The van der Waals surface area contributed by atoms with Gasteiger partial charge in [-0.05, 0) is 37.8 Å². The smallest absolute Gasteiger partial charge is 0.309 e. The molecule has 5 nitrogen and oxygen atoms in total. The van der Waals surface area contributed by atoms with E-state index in [1.54, 1.807) is 11.3 Å². The minimum absolute atomic E-state index is 0.143. The third-order valence-corrected chi connectivity index (χ3v) is 5.78. The molecule has 144 valence electrons. The lowest BCUT2D eigenvalue weighted by atomic mass is 9.98.